The molecule has 1 aromatic rings. The highest BCUT2D eigenvalue weighted by atomic mass is 35.5. The quantitative estimate of drug-likeness (QED) is 0.812. The van der Waals surface area contributed by atoms with E-state index in [1.165, 1.54) is 0 Å². The van der Waals surface area contributed by atoms with E-state index in [4.69, 9.17) is 22.4 Å². The standard InChI is InChI=1S/C10H13ClFNO/c11-9-5-7(6-12)1-2-8(9)10(13)3-4-14/h1-2,5,10,14H,3-4,6,13H2. The van der Waals surface area contributed by atoms with Crippen molar-refractivity contribution in [1.29, 1.82) is 0 Å². The van der Waals surface area contributed by atoms with E-state index in [-0.39, 0.29) is 12.6 Å². The number of rotatable bonds is 4. The summed E-state index contributed by atoms with van der Waals surface area (Å²) in [6.45, 7) is -0.516. The third kappa shape index (κ3) is 2.67. The molecular weight excluding hydrogens is 205 g/mol. The monoisotopic (exact) mass is 217 g/mol. The van der Waals surface area contributed by atoms with Crippen molar-refractivity contribution in [3.05, 3.63) is 34.3 Å². The van der Waals surface area contributed by atoms with Gasteiger partial charge in [0.05, 0.1) is 0 Å². The van der Waals surface area contributed by atoms with Crippen LogP contribution in [0.1, 0.15) is 23.6 Å². The van der Waals surface area contributed by atoms with Gasteiger partial charge in [0.25, 0.3) is 0 Å². The van der Waals surface area contributed by atoms with Crippen LogP contribution in [0.25, 0.3) is 0 Å². The van der Waals surface area contributed by atoms with Crippen LogP contribution in [0.2, 0.25) is 5.02 Å². The van der Waals surface area contributed by atoms with Gasteiger partial charge in [-0.2, -0.15) is 0 Å². The van der Waals surface area contributed by atoms with E-state index < -0.39 is 6.67 Å². The first-order valence-electron chi connectivity index (χ1n) is 4.39. The lowest BCUT2D eigenvalue weighted by Gasteiger charge is -2.12. The Balaban J connectivity index is 2.88. The molecule has 2 nitrogen and oxygen atoms in total. The molecule has 1 atom stereocenters. The Hall–Kier alpha value is -0.640. The summed E-state index contributed by atoms with van der Waals surface area (Å²) in [5, 5.41) is 9.17. The summed E-state index contributed by atoms with van der Waals surface area (Å²) in [5.41, 5.74) is 7.04. The molecule has 1 aromatic carbocycles. The summed E-state index contributed by atoms with van der Waals surface area (Å²) in [5.74, 6) is 0. The van der Waals surface area contributed by atoms with Crippen LogP contribution in [-0.2, 0) is 6.67 Å². The molecule has 0 saturated carbocycles. The number of aliphatic hydroxyl groups is 1. The molecule has 0 radical (unpaired) electrons. The zero-order valence-corrected chi connectivity index (χ0v) is 8.47. The predicted molar refractivity (Wildman–Crippen MR) is 54.9 cm³/mol. The lowest BCUT2D eigenvalue weighted by Crippen LogP contribution is -2.12. The smallest absolute Gasteiger partial charge is 0.115 e. The largest absolute Gasteiger partial charge is 0.396 e. The molecule has 14 heavy (non-hydrogen) atoms. The van der Waals surface area contributed by atoms with Gasteiger partial charge >= 0.3 is 0 Å². The van der Waals surface area contributed by atoms with Crippen LogP contribution >= 0.6 is 11.6 Å². The van der Waals surface area contributed by atoms with Crippen molar-refractivity contribution in [2.75, 3.05) is 6.61 Å². The summed E-state index contributed by atoms with van der Waals surface area (Å²) in [6.07, 6.45) is 0.453. The Kier molecular flexibility index (Phi) is 4.32. The second-order valence-corrected chi connectivity index (χ2v) is 3.52. The van der Waals surface area contributed by atoms with Crippen molar-refractivity contribution in [2.24, 2.45) is 5.73 Å². The highest BCUT2D eigenvalue weighted by Crippen LogP contribution is 2.24. The molecule has 0 spiro atoms. The maximum Gasteiger partial charge on any atom is 0.115 e. The molecular formula is C10H13ClFNO. The number of aliphatic hydroxyl groups excluding tert-OH is 1. The Morgan fingerprint density at radius 2 is 2.21 bits per heavy atom. The third-order valence-corrected chi connectivity index (χ3v) is 2.39. The van der Waals surface area contributed by atoms with Crippen LogP contribution in [0.5, 0.6) is 0 Å². The zero-order chi connectivity index (χ0) is 10.6. The fraction of sp³-hybridized carbons (Fsp3) is 0.400. The molecule has 0 saturated heterocycles. The van der Waals surface area contributed by atoms with E-state index in [9.17, 15) is 4.39 Å². The summed E-state index contributed by atoms with van der Waals surface area (Å²) < 4.78 is 12.3. The maximum atomic E-state index is 12.3. The number of nitrogens with two attached hydrogens (primary N) is 1. The van der Waals surface area contributed by atoms with Gasteiger partial charge in [0.15, 0.2) is 0 Å². The van der Waals surface area contributed by atoms with Crippen LogP contribution in [0.15, 0.2) is 18.2 Å². The van der Waals surface area contributed by atoms with Gasteiger partial charge in [-0.25, -0.2) is 4.39 Å². The van der Waals surface area contributed by atoms with Crippen LogP contribution in [0.4, 0.5) is 4.39 Å². The molecule has 0 heterocycles. The highest BCUT2D eigenvalue weighted by Gasteiger charge is 2.09. The molecule has 0 amide bonds. The van der Waals surface area contributed by atoms with Crippen molar-refractivity contribution in [3.63, 3.8) is 0 Å². The van der Waals surface area contributed by atoms with E-state index in [1.807, 2.05) is 0 Å². The first-order chi connectivity index (χ1) is 6.69. The Bertz CT molecular complexity index is 306. The second kappa shape index (κ2) is 5.29. The van der Waals surface area contributed by atoms with Crippen molar-refractivity contribution >= 4 is 11.6 Å². The molecule has 0 aliphatic rings. The lowest BCUT2D eigenvalue weighted by molar-refractivity contribution is 0.276. The zero-order valence-electron chi connectivity index (χ0n) is 7.71. The lowest BCUT2D eigenvalue weighted by atomic mass is 10.0. The summed E-state index contributed by atoms with van der Waals surface area (Å²) in [7, 11) is 0. The number of benzene rings is 1. The maximum absolute atomic E-state index is 12.3. The summed E-state index contributed by atoms with van der Waals surface area (Å²) >= 11 is 5.91. The van der Waals surface area contributed by atoms with Crippen molar-refractivity contribution in [2.45, 2.75) is 19.1 Å². The van der Waals surface area contributed by atoms with Crippen molar-refractivity contribution in [3.8, 4) is 0 Å². The molecule has 78 valence electrons. The van der Waals surface area contributed by atoms with Gasteiger partial charge in [0.1, 0.15) is 6.67 Å². The first-order valence-corrected chi connectivity index (χ1v) is 4.77. The second-order valence-electron chi connectivity index (χ2n) is 3.11. The Morgan fingerprint density at radius 1 is 1.50 bits per heavy atom. The van der Waals surface area contributed by atoms with Gasteiger partial charge in [0.2, 0.25) is 0 Å². The van der Waals surface area contributed by atoms with E-state index in [2.05, 4.69) is 0 Å². The van der Waals surface area contributed by atoms with E-state index >= 15 is 0 Å². The predicted octanol–water partition coefficient (Wildman–Crippen LogP) is 2.19. The van der Waals surface area contributed by atoms with Crippen molar-refractivity contribution < 1.29 is 9.50 Å². The van der Waals surface area contributed by atoms with E-state index in [0.29, 0.717) is 17.0 Å². The van der Waals surface area contributed by atoms with Gasteiger partial charge in [-0.15, -0.1) is 0 Å². The molecule has 0 aliphatic heterocycles. The average molecular weight is 218 g/mol. The molecule has 0 aliphatic carbocycles. The first kappa shape index (κ1) is 11.4. The van der Waals surface area contributed by atoms with Gasteiger partial charge in [-0.3, -0.25) is 0 Å². The van der Waals surface area contributed by atoms with E-state index in [1.54, 1.807) is 18.2 Å². The van der Waals surface area contributed by atoms with Crippen LogP contribution in [-0.4, -0.2) is 11.7 Å². The van der Waals surface area contributed by atoms with Crippen molar-refractivity contribution in [1.82, 2.24) is 0 Å². The van der Waals surface area contributed by atoms with Crippen LogP contribution in [0, 0.1) is 0 Å². The number of hydrogen-bond acceptors (Lipinski definition) is 2. The van der Waals surface area contributed by atoms with Gasteiger partial charge in [-0.05, 0) is 23.6 Å². The third-order valence-electron chi connectivity index (χ3n) is 2.06. The average Bonchev–Trinajstić information content (AvgIpc) is 2.17. The van der Waals surface area contributed by atoms with Gasteiger partial charge in [0, 0.05) is 17.7 Å². The summed E-state index contributed by atoms with van der Waals surface area (Å²) in [6, 6.07) is 4.63. The Morgan fingerprint density at radius 3 is 2.71 bits per heavy atom. The molecule has 1 rings (SSSR count). The van der Waals surface area contributed by atoms with Gasteiger partial charge < -0.3 is 10.8 Å². The molecule has 0 fully saturated rings. The Labute approximate surface area is 87.5 Å². The summed E-state index contributed by atoms with van der Waals surface area (Å²) in [4.78, 5) is 0. The van der Waals surface area contributed by atoms with Gasteiger partial charge in [-0.1, -0.05) is 23.7 Å². The SMILES string of the molecule is NC(CCO)c1ccc(CF)cc1Cl. The normalized spacial score (nSPS) is 12.9. The van der Waals surface area contributed by atoms with Crippen LogP contribution < -0.4 is 5.73 Å². The molecule has 0 aromatic heterocycles. The molecule has 0 bridgehead atoms. The number of hydrogen-bond donors (Lipinski definition) is 2. The minimum atomic E-state index is -0.533. The highest BCUT2D eigenvalue weighted by molar-refractivity contribution is 6.31. The number of halogens is 2. The number of alkyl halides is 1. The minimum Gasteiger partial charge on any atom is -0.396 e. The minimum absolute atomic E-state index is 0.0162. The molecule has 1 unspecified atom stereocenters. The topological polar surface area (TPSA) is 46.2 Å². The molecule has 4 heteroatoms. The molecule has 3 N–H and O–H groups in total. The fourth-order valence-electron chi connectivity index (χ4n) is 1.25. The van der Waals surface area contributed by atoms with E-state index in [0.717, 1.165) is 5.56 Å². The van der Waals surface area contributed by atoms with Crippen LogP contribution in [0.3, 0.4) is 0 Å². The fourth-order valence-corrected chi connectivity index (χ4v) is 1.59.